The number of carbonyl (C=O) groups is 1. The summed E-state index contributed by atoms with van der Waals surface area (Å²) in [5, 5.41) is 11.4. The molecule has 0 unspecified atom stereocenters. The summed E-state index contributed by atoms with van der Waals surface area (Å²) >= 11 is 1.30. The Morgan fingerprint density at radius 3 is 2.80 bits per heavy atom. The second-order valence-electron chi connectivity index (χ2n) is 5.39. The normalized spacial score (nSPS) is 11.2. The first-order valence-corrected chi connectivity index (χ1v) is 8.63. The minimum Gasteiger partial charge on any atom is -0.394 e. The summed E-state index contributed by atoms with van der Waals surface area (Å²) in [7, 11) is 0. The second kappa shape index (κ2) is 7.73. The highest BCUT2D eigenvalue weighted by molar-refractivity contribution is 7.19. The van der Waals surface area contributed by atoms with E-state index in [4.69, 9.17) is 9.84 Å². The minimum absolute atomic E-state index is 0.0361. The predicted molar refractivity (Wildman–Crippen MR) is 93.4 cm³/mol. The molecule has 0 bridgehead atoms. The Morgan fingerprint density at radius 1 is 1.36 bits per heavy atom. The van der Waals surface area contributed by atoms with E-state index in [1.165, 1.54) is 23.5 Å². The molecule has 132 valence electrons. The molecule has 0 aliphatic rings. The molecule has 6 nitrogen and oxygen atoms in total. The zero-order chi connectivity index (χ0) is 17.8. The number of nitrogens with one attached hydrogen (secondary N) is 1. The van der Waals surface area contributed by atoms with Gasteiger partial charge in [-0.2, -0.15) is 0 Å². The van der Waals surface area contributed by atoms with Crippen LogP contribution in [-0.2, 0) is 4.74 Å². The smallest absolute Gasteiger partial charge is 0.263 e. The number of hydrogen-bond donors (Lipinski definition) is 2. The first-order chi connectivity index (χ1) is 12.1. The number of aryl methyl sites for hydroxylation is 1. The van der Waals surface area contributed by atoms with Crippen LogP contribution in [0.3, 0.4) is 0 Å². The Kier molecular flexibility index (Phi) is 5.42. The number of rotatable bonds is 7. The molecule has 0 saturated carbocycles. The molecule has 2 N–H and O–H groups in total. The van der Waals surface area contributed by atoms with Crippen LogP contribution in [0.4, 0.5) is 4.39 Å². The Bertz CT molecular complexity index is 873. The molecular weight excluding hydrogens is 345 g/mol. The van der Waals surface area contributed by atoms with E-state index in [-0.39, 0.29) is 24.9 Å². The third kappa shape index (κ3) is 3.87. The van der Waals surface area contributed by atoms with E-state index >= 15 is 0 Å². The van der Waals surface area contributed by atoms with Crippen LogP contribution >= 0.6 is 11.3 Å². The maximum Gasteiger partial charge on any atom is 0.263 e. The highest BCUT2D eigenvalue weighted by Crippen LogP contribution is 2.27. The van der Waals surface area contributed by atoms with Gasteiger partial charge in [-0.15, -0.1) is 0 Å². The van der Waals surface area contributed by atoms with Gasteiger partial charge in [0.05, 0.1) is 25.5 Å². The van der Waals surface area contributed by atoms with E-state index in [1.807, 2.05) is 17.5 Å². The molecule has 3 aromatic rings. The molecule has 8 heteroatoms. The Labute approximate surface area is 147 Å². The number of aliphatic hydroxyl groups is 1. The van der Waals surface area contributed by atoms with Crippen molar-refractivity contribution >= 4 is 22.2 Å². The Balaban J connectivity index is 1.73. The molecule has 1 amide bonds. The Hall–Kier alpha value is -2.29. The highest BCUT2D eigenvalue weighted by Gasteiger charge is 2.17. The van der Waals surface area contributed by atoms with Crippen LogP contribution in [-0.4, -0.2) is 46.8 Å². The van der Waals surface area contributed by atoms with Crippen molar-refractivity contribution in [1.29, 1.82) is 0 Å². The van der Waals surface area contributed by atoms with Gasteiger partial charge in [0.15, 0.2) is 4.96 Å². The molecule has 0 spiro atoms. The van der Waals surface area contributed by atoms with E-state index in [0.717, 1.165) is 17.0 Å². The SMILES string of the molecule is Cc1c(C(=O)NCCOCCO)sc2nc(-c3ccc(F)cc3)cn12. The maximum absolute atomic E-state index is 13.0. The summed E-state index contributed by atoms with van der Waals surface area (Å²) < 4.78 is 20.0. The first kappa shape index (κ1) is 17.5. The van der Waals surface area contributed by atoms with Gasteiger partial charge in [-0.25, -0.2) is 9.37 Å². The molecule has 2 heterocycles. The van der Waals surface area contributed by atoms with Crippen LogP contribution in [0.2, 0.25) is 0 Å². The van der Waals surface area contributed by atoms with Crippen molar-refractivity contribution < 1.29 is 19.0 Å². The lowest BCUT2D eigenvalue weighted by atomic mass is 10.2. The molecule has 0 aliphatic heterocycles. The van der Waals surface area contributed by atoms with Crippen molar-refractivity contribution in [1.82, 2.24) is 14.7 Å². The van der Waals surface area contributed by atoms with Gasteiger partial charge in [0.25, 0.3) is 5.91 Å². The number of nitrogens with zero attached hydrogens (tertiary/aromatic N) is 2. The van der Waals surface area contributed by atoms with Gasteiger partial charge in [0.1, 0.15) is 10.7 Å². The lowest BCUT2D eigenvalue weighted by Crippen LogP contribution is -2.27. The molecular formula is C17H18FN3O3S. The van der Waals surface area contributed by atoms with Crippen molar-refractivity contribution in [3.63, 3.8) is 0 Å². The zero-order valence-corrected chi connectivity index (χ0v) is 14.5. The van der Waals surface area contributed by atoms with E-state index < -0.39 is 0 Å². The van der Waals surface area contributed by atoms with Gasteiger partial charge >= 0.3 is 0 Å². The molecule has 25 heavy (non-hydrogen) atoms. The standard InChI is InChI=1S/C17H18FN3O3S/c1-11-15(16(23)19-6-8-24-9-7-22)25-17-20-14(10-21(11)17)12-2-4-13(18)5-3-12/h2-5,10,22H,6-9H2,1H3,(H,19,23). The number of fused-ring (bicyclic) bond motifs is 1. The summed E-state index contributed by atoms with van der Waals surface area (Å²) in [4.78, 5) is 18.1. The highest BCUT2D eigenvalue weighted by atomic mass is 32.1. The Morgan fingerprint density at radius 2 is 2.12 bits per heavy atom. The van der Waals surface area contributed by atoms with Gasteiger partial charge in [-0.1, -0.05) is 11.3 Å². The lowest BCUT2D eigenvalue weighted by molar-refractivity contribution is 0.0840. The third-order valence-electron chi connectivity index (χ3n) is 3.67. The number of carbonyl (C=O) groups excluding carboxylic acids is 1. The van der Waals surface area contributed by atoms with Gasteiger partial charge < -0.3 is 15.2 Å². The molecule has 0 atom stereocenters. The third-order valence-corrected chi connectivity index (χ3v) is 4.83. The zero-order valence-electron chi connectivity index (χ0n) is 13.7. The number of benzene rings is 1. The first-order valence-electron chi connectivity index (χ1n) is 7.81. The number of hydrogen-bond acceptors (Lipinski definition) is 5. The fourth-order valence-corrected chi connectivity index (χ4v) is 3.43. The van der Waals surface area contributed by atoms with Gasteiger partial charge in [0, 0.05) is 24.0 Å². The largest absolute Gasteiger partial charge is 0.394 e. The van der Waals surface area contributed by atoms with Crippen molar-refractivity contribution in [3.8, 4) is 11.3 Å². The van der Waals surface area contributed by atoms with Gasteiger partial charge in [-0.3, -0.25) is 9.20 Å². The number of halogens is 1. The number of imidazole rings is 1. The minimum atomic E-state index is -0.289. The van der Waals surface area contributed by atoms with E-state index in [2.05, 4.69) is 10.3 Å². The molecule has 0 aliphatic carbocycles. The molecule has 0 radical (unpaired) electrons. The summed E-state index contributed by atoms with van der Waals surface area (Å²) in [5.41, 5.74) is 2.36. The maximum atomic E-state index is 13.0. The number of ether oxygens (including phenoxy) is 1. The number of aromatic nitrogens is 2. The van der Waals surface area contributed by atoms with Crippen molar-refractivity contribution in [2.24, 2.45) is 0 Å². The van der Waals surface area contributed by atoms with Crippen LogP contribution < -0.4 is 5.32 Å². The van der Waals surface area contributed by atoms with Crippen LogP contribution in [0.5, 0.6) is 0 Å². The van der Waals surface area contributed by atoms with E-state index in [1.54, 1.807) is 12.1 Å². The average molecular weight is 363 g/mol. The van der Waals surface area contributed by atoms with Crippen molar-refractivity contribution in [2.75, 3.05) is 26.4 Å². The molecule has 1 aromatic carbocycles. The number of thiazole rings is 1. The van der Waals surface area contributed by atoms with Gasteiger partial charge in [-0.05, 0) is 31.2 Å². The summed E-state index contributed by atoms with van der Waals surface area (Å²) in [5.74, 6) is -0.466. The molecule has 0 fully saturated rings. The fraction of sp³-hybridized carbons (Fsp3) is 0.294. The summed E-state index contributed by atoms with van der Waals surface area (Å²) in [6, 6.07) is 6.15. The van der Waals surface area contributed by atoms with Crippen LogP contribution in [0.15, 0.2) is 30.5 Å². The average Bonchev–Trinajstić information content (AvgIpc) is 3.15. The quantitative estimate of drug-likeness (QED) is 0.632. The predicted octanol–water partition coefficient (Wildman–Crippen LogP) is 2.25. The van der Waals surface area contributed by atoms with Gasteiger partial charge in [0.2, 0.25) is 0 Å². The summed E-state index contributed by atoms with van der Waals surface area (Å²) in [6.07, 6.45) is 1.84. The van der Waals surface area contributed by atoms with Crippen LogP contribution in [0.1, 0.15) is 15.4 Å². The van der Waals surface area contributed by atoms with Crippen LogP contribution in [0, 0.1) is 12.7 Å². The van der Waals surface area contributed by atoms with Crippen molar-refractivity contribution in [3.05, 3.63) is 46.9 Å². The molecule has 2 aromatic heterocycles. The lowest BCUT2D eigenvalue weighted by Gasteiger charge is -2.04. The second-order valence-corrected chi connectivity index (χ2v) is 6.37. The van der Waals surface area contributed by atoms with Crippen molar-refractivity contribution in [2.45, 2.75) is 6.92 Å². The fourth-order valence-electron chi connectivity index (χ4n) is 2.40. The van der Waals surface area contributed by atoms with E-state index in [9.17, 15) is 9.18 Å². The number of aliphatic hydroxyl groups excluding tert-OH is 1. The molecule has 0 saturated heterocycles. The summed E-state index contributed by atoms with van der Waals surface area (Å²) in [6.45, 7) is 2.80. The monoisotopic (exact) mass is 363 g/mol. The van der Waals surface area contributed by atoms with Crippen LogP contribution in [0.25, 0.3) is 16.2 Å². The topological polar surface area (TPSA) is 75.9 Å². The van der Waals surface area contributed by atoms with E-state index in [0.29, 0.717) is 23.0 Å². The number of amides is 1. The molecule has 3 rings (SSSR count).